The van der Waals surface area contributed by atoms with Gasteiger partial charge in [-0.2, -0.15) is 0 Å². The number of hydrogen-bond acceptors (Lipinski definition) is 4. The molecule has 0 saturated carbocycles. The molecular formula is C23H24N2O2. The molecule has 0 atom stereocenters. The number of ether oxygens (including phenoxy) is 1. The van der Waals surface area contributed by atoms with E-state index < -0.39 is 5.97 Å². The lowest BCUT2D eigenvalue weighted by atomic mass is 10.1. The number of nitrogens with zero attached hydrogens (tertiary/aromatic N) is 2. The standard InChI is InChI=1S/C23H24N2O2/c1-3-5-17-7-11-19(12-8-17)22-24-15-21(16-25-22)27-23(26)20-13-9-18(6-4-2)10-14-20/h7-16H,3-6H2,1-2H3. The molecule has 2 aromatic carbocycles. The molecule has 0 amide bonds. The fourth-order valence-corrected chi connectivity index (χ4v) is 2.89. The summed E-state index contributed by atoms with van der Waals surface area (Å²) in [5.74, 6) is 0.545. The lowest BCUT2D eigenvalue weighted by molar-refractivity contribution is 0.0733. The molecule has 4 nitrogen and oxygen atoms in total. The van der Waals surface area contributed by atoms with Gasteiger partial charge >= 0.3 is 5.97 Å². The molecule has 0 aliphatic carbocycles. The number of esters is 1. The average molecular weight is 360 g/mol. The van der Waals surface area contributed by atoms with Crippen LogP contribution in [-0.4, -0.2) is 15.9 Å². The van der Waals surface area contributed by atoms with Gasteiger partial charge in [0.2, 0.25) is 0 Å². The van der Waals surface area contributed by atoms with Gasteiger partial charge in [0.1, 0.15) is 0 Å². The van der Waals surface area contributed by atoms with Crippen molar-refractivity contribution >= 4 is 5.97 Å². The summed E-state index contributed by atoms with van der Waals surface area (Å²) in [6.07, 6.45) is 7.34. The molecular weight excluding hydrogens is 336 g/mol. The van der Waals surface area contributed by atoms with Crippen LogP contribution in [0, 0.1) is 0 Å². The third kappa shape index (κ3) is 5.00. The molecule has 3 rings (SSSR count). The fraction of sp³-hybridized carbons (Fsp3) is 0.261. The van der Waals surface area contributed by atoms with Gasteiger partial charge in [-0.25, -0.2) is 14.8 Å². The van der Waals surface area contributed by atoms with E-state index in [4.69, 9.17) is 4.74 Å². The van der Waals surface area contributed by atoms with Crippen LogP contribution < -0.4 is 4.74 Å². The molecule has 0 unspecified atom stereocenters. The van der Waals surface area contributed by atoms with Crippen LogP contribution >= 0.6 is 0 Å². The van der Waals surface area contributed by atoms with Gasteiger partial charge in [0.15, 0.2) is 11.6 Å². The molecule has 0 N–H and O–H groups in total. The minimum absolute atomic E-state index is 0.337. The Morgan fingerprint density at radius 3 is 1.85 bits per heavy atom. The Morgan fingerprint density at radius 2 is 1.33 bits per heavy atom. The van der Waals surface area contributed by atoms with Gasteiger partial charge in [0, 0.05) is 5.56 Å². The Balaban J connectivity index is 1.65. The first kappa shape index (κ1) is 18.8. The number of carbonyl (C=O) groups is 1. The minimum Gasteiger partial charge on any atom is -0.420 e. The maximum Gasteiger partial charge on any atom is 0.343 e. The van der Waals surface area contributed by atoms with Crippen LogP contribution in [0.4, 0.5) is 0 Å². The molecule has 4 heteroatoms. The topological polar surface area (TPSA) is 52.1 Å². The van der Waals surface area contributed by atoms with E-state index in [1.165, 1.54) is 23.5 Å². The zero-order valence-corrected chi connectivity index (χ0v) is 15.8. The lowest BCUT2D eigenvalue weighted by Gasteiger charge is -2.06. The second-order valence-corrected chi connectivity index (χ2v) is 6.53. The number of hydrogen-bond donors (Lipinski definition) is 0. The van der Waals surface area contributed by atoms with E-state index in [2.05, 4.69) is 35.9 Å². The van der Waals surface area contributed by atoms with Gasteiger partial charge < -0.3 is 4.74 Å². The van der Waals surface area contributed by atoms with E-state index in [1.807, 2.05) is 24.3 Å². The van der Waals surface area contributed by atoms with Crippen LogP contribution in [0.3, 0.4) is 0 Å². The highest BCUT2D eigenvalue weighted by atomic mass is 16.5. The number of aromatic nitrogens is 2. The van der Waals surface area contributed by atoms with E-state index in [1.54, 1.807) is 12.1 Å². The van der Waals surface area contributed by atoms with Crippen LogP contribution in [0.1, 0.15) is 48.2 Å². The summed E-state index contributed by atoms with van der Waals surface area (Å²) in [6, 6.07) is 15.7. The molecule has 138 valence electrons. The van der Waals surface area contributed by atoms with Gasteiger partial charge in [-0.3, -0.25) is 0 Å². The zero-order chi connectivity index (χ0) is 19.1. The molecule has 3 aromatic rings. The third-order valence-corrected chi connectivity index (χ3v) is 4.32. The van der Waals surface area contributed by atoms with Crippen molar-refractivity contribution in [1.82, 2.24) is 9.97 Å². The van der Waals surface area contributed by atoms with Crippen LogP contribution in [-0.2, 0) is 12.8 Å². The fourth-order valence-electron chi connectivity index (χ4n) is 2.89. The molecule has 0 spiro atoms. The van der Waals surface area contributed by atoms with Crippen molar-refractivity contribution in [2.45, 2.75) is 39.5 Å². The molecule has 1 aromatic heterocycles. The van der Waals surface area contributed by atoms with Gasteiger partial charge in [-0.1, -0.05) is 63.1 Å². The summed E-state index contributed by atoms with van der Waals surface area (Å²) in [6.45, 7) is 4.29. The van der Waals surface area contributed by atoms with Crippen LogP contribution in [0.15, 0.2) is 60.9 Å². The van der Waals surface area contributed by atoms with Crippen molar-refractivity contribution in [3.05, 3.63) is 77.6 Å². The van der Waals surface area contributed by atoms with E-state index in [9.17, 15) is 4.79 Å². The Labute approximate surface area is 160 Å². The Bertz CT molecular complexity index is 870. The van der Waals surface area contributed by atoms with Crippen molar-refractivity contribution in [2.75, 3.05) is 0 Å². The molecule has 0 bridgehead atoms. The molecule has 1 heterocycles. The Morgan fingerprint density at radius 1 is 0.815 bits per heavy atom. The number of carbonyl (C=O) groups excluding carboxylic acids is 1. The molecule has 0 fully saturated rings. The smallest absolute Gasteiger partial charge is 0.343 e. The van der Waals surface area contributed by atoms with Gasteiger partial charge in [-0.05, 0) is 36.1 Å². The second kappa shape index (κ2) is 9.08. The first-order valence-electron chi connectivity index (χ1n) is 9.42. The second-order valence-electron chi connectivity index (χ2n) is 6.53. The summed E-state index contributed by atoms with van der Waals surface area (Å²) in [4.78, 5) is 20.9. The summed E-state index contributed by atoms with van der Waals surface area (Å²) in [7, 11) is 0. The lowest BCUT2D eigenvalue weighted by Crippen LogP contribution is -2.09. The van der Waals surface area contributed by atoms with Crippen LogP contribution in [0.2, 0.25) is 0 Å². The van der Waals surface area contributed by atoms with Crippen molar-refractivity contribution < 1.29 is 9.53 Å². The largest absolute Gasteiger partial charge is 0.420 e. The zero-order valence-electron chi connectivity index (χ0n) is 15.8. The SMILES string of the molecule is CCCc1ccc(C(=O)Oc2cnc(-c3ccc(CCC)cc3)nc2)cc1. The summed E-state index contributed by atoms with van der Waals surface area (Å²) in [5, 5.41) is 0. The van der Waals surface area contributed by atoms with E-state index >= 15 is 0 Å². The summed E-state index contributed by atoms with van der Waals surface area (Å²) in [5.41, 5.74) is 3.98. The Hall–Kier alpha value is -3.01. The van der Waals surface area contributed by atoms with Crippen molar-refractivity contribution in [3.8, 4) is 17.1 Å². The quantitative estimate of drug-likeness (QED) is 0.539. The predicted octanol–water partition coefficient (Wildman–Crippen LogP) is 5.27. The van der Waals surface area contributed by atoms with Gasteiger partial charge in [0.05, 0.1) is 18.0 Å². The molecule has 27 heavy (non-hydrogen) atoms. The van der Waals surface area contributed by atoms with E-state index in [-0.39, 0.29) is 0 Å². The Kier molecular flexibility index (Phi) is 6.31. The van der Waals surface area contributed by atoms with Crippen LogP contribution in [0.25, 0.3) is 11.4 Å². The highest BCUT2D eigenvalue weighted by Crippen LogP contribution is 2.19. The number of rotatable bonds is 7. The predicted molar refractivity (Wildman–Crippen MR) is 107 cm³/mol. The van der Waals surface area contributed by atoms with Crippen molar-refractivity contribution in [1.29, 1.82) is 0 Å². The summed E-state index contributed by atoms with van der Waals surface area (Å²) >= 11 is 0. The first-order chi connectivity index (χ1) is 13.2. The van der Waals surface area contributed by atoms with Crippen molar-refractivity contribution in [3.63, 3.8) is 0 Å². The van der Waals surface area contributed by atoms with E-state index in [0.717, 1.165) is 31.2 Å². The monoisotopic (exact) mass is 360 g/mol. The van der Waals surface area contributed by atoms with Crippen LogP contribution in [0.5, 0.6) is 5.75 Å². The van der Waals surface area contributed by atoms with Crippen molar-refractivity contribution in [2.24, 2.45) is 0 Å². The van der Waals surface area contributed by atoms with Gasteiger partial charge in [0.25, 0.3) is 0 Å². The van der Waals surface area contributed by atoms with E-state index in [0.29, 0.717) is 17.1 Å². The van der Waals surface area contributed by atoms with Gasteiger partial charge in [-0.15, -0.1) is 0 Å². The first-order valence-corrected chi connectivity index (χ1v) is 9.42. The molecule has 0 radical (unpaired) electrons. The third-order valence-electron chi connectivity index (χ3n) is 4.32. The number of aryl methyl sites for hydroxylation is 2. The highest BCUT2D eigenvalue weighted by Gasteiger charge is 2.10. The maximum absolute atomic E-state index is 12.3. The number of benzene rings is 2. The molecule has 0 aliphatic heterocycles. The maximum atomic E-state index is 12.3. The molecule has 0 saturated heterocycles. The minimum atomic E-state index is -0.404. The normalized spacial score (nSPS) is 10.6. The highest BCUT2D eigenvalue weighted by molar-refractivity contribution is 5.91. The summed E-state index contributed by atoms with van der Waals surface area (Å²) < 4.78 is 5.38. The average Bonchev–Trinajstić information content (AvgIpc) is 2.70. The molecule has 0 aliphatic rings.